The number of nitrogens with one attached hydrogen (secondary N) is 1. The number of hydrogen-bond donors (Lipinski definition) is 1. The number of halogens is 1. The van der Waals surface area contributed by atoms with Crippen molar-refractivity contribution >= 4 is 44.7 Å². The van der Waals surface area contributed by atoms with Crippen LogP contribution in [0, 0.1) is 13.8 Å². The summed E-state index contributed by atoms with van der Waals surface area (Å²) >= 11 is 7.73. The van der Waals surface area contributed by atoms with E-state index in [2.05, 4.69) is 60.3 Å². The molecule has 0 aliphatic rings. The van der Waals surface area contributed by atoms with E-state index in [4.69, 9.17) is 11.6 Å². The molecule has 0 amide bonds. The molecule has 108 valence electrons. The molecule has 3 aromatic rings. The van der Waals surface area contributed by atoms with Gasteiger partial charge in [-0.2, -0.15) is 4.98 Å². The van der Waals surface area contributed by atoms with Gasteiger partial charge in [0.1, 0.15) is 10.6 Å². The van der Waals surface area contributed by atoms with E-state index in [1.165, 1.54) is 16.0 Å². The van der Waals surface area contributed by atoms with Crippen LogP contribution in [0.25, 0.3) is 10.2 Å². The summed E-state index contributed by atoms with van der Waals surface area (Å²) in [5, 5.41) is 4.71. The Kier molecular flexibility index (Phi) is 3.83. The SMILES string of the molecule is CCc1cc2c(Nc3cc(C)ccc3C)nc(Cl)nc2s1. The molecule has 1 aromatic carbocycles. The Morgan fingerprint density at radius 3 is 2.76 bits per heavy atom. The van der Waals surface area contributed by atoms with Crippen LogP contribution in [0.1, 0.15) is 22.9 Å². The van der Waals surface area contributed by atoms with Crippen molar-refractivity contribution in [2.45, 2.75) is 27.2 Å². The highest BCUT2D eigenvalue weighted by atomic mass is 35.5. The minimum Gasteiger partial charge on any atom is -0.339 e. The molecule has 2 heterocycles. The van der Waals surface area contributed by atoms with Crippen molar-refractivity contribution in [2.75, 3.05) is 5.32 Å². The monoisotopic (exact) mass is 317 g/mol. The Labute approximate surface area is 133 Å². The molecule has 0 saturated carbocycles. The van der Waals surface area contributed by atoms with Gasteiger partial charge in [-0.15, -0.1) is 11.3 Å². The van der Waals surface area contributed by atoms with Gasteiger partial charge in [0, 0.05) is 10.6 Å². The van der Waals surface area contributed by atoms with Crippen molar-refractivity contribution in [1.29, 1.82) is 0 Å². The van der Waals surface area contributed by atoms with Crippen LogP contribution in [-0.4, -0.2) is 9.97 Å². The first kappa shape index (κ1) is 14.3. The number of rotatable bonds is 3. The van der Waals surface area contributed by atoms with Crippen molar-refractivity contribution in [3.05, 3.63) is 45.6 Å². The fraction of sp³-hybridized carbons (Fsp3) is 0.250. The van der Waals surface area contributed by atoms with Gasteiger partial charge in [0.2, 0.25) is 5.28 Å². The largest absolute Gasteiger partial charge is 0.339 e. The molecule has 21 heavy (non-hydrogen) atoms. The lowest BCUT2D eigenvalue weighted by molar-refractivity contribution is 1.19. The first-order valence-corrected chi connectivity index (χ1v) is 8.06. The van der Waals surface area contributed by atoms with E-state index in [9.17, 15) is 0 Å². The van der Waals surface area contributed by atoms with E-state index in [0.29, 0.717) is 0 Å². The second-order valence-electron chi connectivity index (χ2n) is 5.07. The molecule has 0 aliphatic heterocycles. The van der Waals surface area contributed by atoms with E-state index in [-0.39, 0.29) is 5.28 Å². The zero-order valence-corrected chi connectivity index (χ0v) is 13.8. The predicted octanol–water partition coefficient (Wildman–Crippen LogP) is 5.27. The minimum absolute atomic E-state index is 0.278. The van der Waals surface area contributed by atoms with Gasteiger partial charge in [-0.3, -0.25) is 0 Å². The number of aryl methyl sites for hydroxylation is 3. The Bertz CT molecular complexity index is 811. The Balaban J connectivity index is 2.11. The van der Waals surface area contributed by atoms with Crippen molar-refractivity contribution in [1.82, 2.24) is 9.97 Å². The fourth-order valence-corrected chi connectivity index (χ4v) is 3.40. The van der Waals surface area contributed by atoms with Crippen molar-refractivity contribution in [2.24, 2.45) is 0 Å². The van der Waals surface area contributed by atoms with Crippen LogP contribution < -0.4 is 5.32 Å². The molecule has 0 fully saturated rings. The summed E-state index contributed by atoms with van der Waals surface area (Å²) in [6, 6.07) is 8.46. The third-order valence-corrected chi connectivity index (χ3v) is 4.75. The lowest BCUT2D eigenvalue weighted by atomic mass is 10.1. The minimum atomic E-state index is 0.278. The molecule has 0 atom stereocenters. The zero-order valence-electron chi connectivity index (χ0n) is 12.2. The topological polar surface area (TPSA) is 37.8 Å². The van der Waals surface area contributed by atoms with E-state index >= 15 is 0 Å². The summed E-state index contributed by atoms with van der Waals surface area (Å²) in [5.41, 5.74) is 3.43. The van der Waals surface area contributed by atoms with Crippen LogP contribution in [0.3, 0.4) is 0 Å². The molecule has 0 bridgehead atoms. The quantitative estimate of drug-likeness (QED) is 0.669. The molecule has 0 radical (unpaired) electrons. The van der Waals surface area contributed by atoms with Gasteiger partial charge in [-0.25, -0.2) is 4.98 Å². The molecule has 2 aromatic heterocycles. The molecule has 3 nitrogen and oxygen atoms in total. The highest BCUT2D eigenvalue weighted by Crippen LogP contribution is 2.32. The number of thiophene rings is 1. The molecule has 0 spiro atoms. The molecule has 1 N–H and O–H groups in total. The zero-order chi connectivity index (χ0) is 15.0. The van der Waals surface area contributed by atoms with Gasteiger partial charge < -0.3 is 5.32 Å². The maximum absolute atomic E-state index is 6.06. The van der Waals surface area contributed by atoms with E-state index in [1.807, 2.05) is 0 Å². The number of nitrogens with zero attached hydrogens (tertiary/aromatic N) is 2. The molecule has 5 heteroatoms. The standard InChI is InChI=1S/C16H16ClN3S/c1-4-11-8-12-14(19-16(17)20-15(12)21-11)18-13-7-9(2)5-6-10(13)3/h5-8H,4H2,1-3H3,(H,18,19,20). The summed E-state index contributed by atoms with van der Waals surface area (Å²) < 4.78 is 0. The third kappa shape index (κ3) is 2.87. The lowest BCUT2D eigenvalue weighted by Gasteiger charge is -2.10. The van der Waals surface area contributed by atoms with Gasteiger partial charge in [0.05, 0.1) is 5.39 Å². The fourth-order valence-electron chi connectivity index (χ4n) is 2.21. The summed E-state index contributed by atoms with van der Waals surface area (Å²) in [6.45, 7) is 6.29. The first-order valence-electron chi connectivity index (χ1n) is 6.87. The van der Waals surface area contributed by atoms with Crippen molar-refractivity contribution in [3.8, 4) is 0 Å². The van der Waals surface area contributed by atoms with Gasteiger partial charge in [0.25, 0.3) is 0 Å². The van der Waals surface area contributed by atoms with Gasteiger partial charge in [0.15, 0.2) is 0 Å². The van der Waals surface area contributed by atoms with Gasteiger partial charge in [-0.05, 0) is 55.1 Å². The average molecular weight is 318 g/mol. The number of benzene rings is 1. The lowest BCUT2D eigenvalue weighted by Crippen LogP contribution is -1.98. The van der Waals surface area contributed by atoms with Crippen LogP contribution in [0.2, 0.25) is 5.28 Å². The maximum atomic E-state index is 6.06. The summed E-state index contributed by atoms with van der Waals surface area (Å²) in [4.78, 5) is 10.9. The second-order valence-corrected chi connectivity index (χ2v) is 6.52. The number of hydrogen-bond acceptors (Lipinski definition) is 4. The van der Waals surface area contributed by atoms with E-state index in [0.717, 1.165) is 28.1 Å². The van der Waals surface area contributed by atoms with Crippen molar-refractivity contribution < 1.29 is 0 Å². The van der Waals surface area contributed by atoms with Crippen molar-refractivity contribution in [3.63, 3.8) is 0 Å². The second kappa shape index (κ2) is 5.62. The van der Waals surface area contributed by atoms with Crippen LogP contribution >= 0.6 is 22.9 Å². The Hall–Kier alpha value is -1.65. The number of fused-ring (bicyclic) bond motifs is 1. The van der Waals surface area contributed by atoms with Crippen LogP contribution in [0.15, 0.2) is 24.3 Å². The summed E-state index contributed by atoms with van der Waals surface area (Å²) in [6.07, 6.45) is 0.988. The highest BCUT2D eigenvalue weighted by Gasteiger charge is 2.11. The number of aromatic nitrogens is 2. The van der Waals surface area contributed by atoms with E-state index in [1.54, 1.807) is 11.3 Å². The third-order valence-electron chi connectivity index (χ3n) is 3.41. The summed E-state index contributed by atoms with van der Waals surface area (Å²) in [5.74, 6) is 0.773. The number of anilines is 2. The maximum Gasteiger partial charge on any atom is 0.225 e. The molecular weight excluding hydrogens is 302 g/mol. The average Bonchev–Trinajstić information content (AvgIpc) is 2.86. The molecule has 3 rings (SSSR count). The van der Waals surface area contributed by atoms with Crippen LogP contribution in [0.4, 0.5) is 11.5 Å². The predicted molar refractivity (Wildman–Crippen MR) is 91.0 cm³/mol. The Morgan fingerprint density at radius 1 is 1.19 bits per heavy atom. The molecule has 0 aliphatic carbocycles. The normalized spacial score (nSPS) is 11.0. The van der Waals surface area contributed by atoms with Gasteiger partial charge >= 0.3 is 0 Å². The Morgan fingerprint density at radius 2 is 2.00 bits per heavy atom. The van der Waals surface area contributed by atoms with Crippen LogP contribution in [-0.2, 0) is 6.42 Å². The van der Waals surface area contributed by atoms with E-state index < -0.39 is 0 Å². The molecule has 0 unspecified atom stereocenters. The molecule has 0 saturated heterocycles. The summed E-state index contributed by atoms with van der Waals surface area (Å²) in [7, 11) is 0. The first-order chi connectivity index (χ1) is 10.1. The smallest absolute Gasteiger partial charge is 0.225 e. The highest BCUT2D eigenvalue weighted by molar-refractivity contribution is 7.18. The van der Waals surface area contributed by atoms with Gasteiger partial charge in [-0.1, -0.05) is 19.1 Å². The molecular formula is C16H16ClN3S. The van der Waals surface area contributed by atoms with Crippen LogP contribution in [0.5, 0.6) is 0 Å².